The minimum Gasteiger partial charge on any atom is -0.460 e. The van der Waals surface area contributed by atoms with Crippen LogP contribution in [0, 0.1) is 0 Å². The molecule has 1 fully saturated rings. The van der Waals surface area contributed by atoms with Crippen molar-refractivity contribution in [1.29, 1.82) is 0 Å². The van der Waals surface area contributed by atoms with E-state index in [4.69, 9.17) is 9.47 Å². The van der Waals surface area contributed by atoms with Crippen molar-refractivity contribution >= 4 is 17.1 Å². The molecule has 1 saturated heterocycles. The number of hydrogen-bond donors (Lipinski definition) is 3. The highest BCUT2D eigenvalue weighted by Crippen LogP contribution is 2.31. The minimum absolute atomic E-state index is 0.0801. The van der Waals surface area contributed by atoms with Crippen LogP contribution in [0.15, 0.2) is 12.7 Å². The smallest absolute Gasteiger partial charge is 0.312 e. The third-order valence-corrected chi connectivity index (χ3v) is 3.96. The molecule has 0 amide bonds. The molecule has 0 spiro atoms. The van der Waals surface area contributed by atoms with E-state index in [1.165, 1.54) is 17.2 Å². The van der Waals surface area contributed by atoms with Gasteiger partial charge >= 0.3 is 5.97 Å². The highest BCUT2D eigenvalue weighted by Gasteiger charge is 2.44. The van der Waals surface area contributed by atoms with E-state index in [-0.39, 0.29) is 6.42 Å². The lowest BCUT2D eigenvalue weighted by atomic mass is 10.1. The van der Waals surface area contributed by atoms with Gasteiger partial charge in [0, 0.05) is 0 Å². The van der Waals surface area contributed by atoms with Crippen LogP contribution in [0.25, 0.3) is 11.2 Å². The summed E-state index contributed by atoms with van der Waals surface area (Å²) in [5.41, 5.74) is 0.485. The molecule has 4 unspecified atom stereocenters. The molecule has 0 saturated carbocycles. The Hall–Kier alpha value is -2.14. The number of ether oxygens (including phenoxy) is 2. The van der Waals surface area contributed by atoms with Crippen molar-refractivity contribution < 1.29 is 29.6 Å². The van der Waals surface area contributed by atoms with Crippen LogP contribution in [0.2, 0.25) is 0 Å². The third-order valence-electron chi connectivity index (χ3n) is 3.96. The van der Waals surface area contributed by atoms with Crippen LogP contribution in [0.3, 0.4) is 0 Å². The van der Waals surface area contributed by atoms with Gasteiger partial charge in [-0.25, -0.2) is 15.0 Å². The zero-order valence-corrected chi connectivity index (χ0v) is 14.7. The monoisotopic (exact) mass is 366 g/mol. The van der Waals surface area contributed by atoms with Gasteiger partial charge in [-0.05, 0) is 20.8 Å². The van der Waals surface area contributed by atoms with Crippen molar-refractivity contribution in [2.45, 2.75) is 57.3 Å². The summed E-state index contributed by atoms with van der Waals surface area (Å²) in [5.74, 6) is -0.444. The van der Waals surface area contributed by atoms with E-state index in [1.807, 2.05) is 0 Å². The Kier molecular flexibility index (Phi) is 4.93. The van der Waals surface area contributed by atoms with Crippen molar-refractivity contribution in [3.63, 3.8) is 0 Å². The first-order chi connectivity index (χ1) is 12.2. The van der Waals surface area contributed by atoms with Crippen LogP contribution < -0.4 is 0 Å². The Morgan fingerprint density at radius 1 is 1.27 bits per heavy atom. The molecule has 0 bridgehead atoms. The van der Waals surface area contributed by atoms with Crippen molar-refractivity contribution in [1.82, 2.24) is 19.5 Å². The summed E-state index contributed by atoms with van der Waals surface area (Å²) in [6, 6.07) is 0. The molecular formula is C16H22N4O6. The molecular weight excluding hydrogens is 344 g/mol. The quantitative estimate of drug-likeness (QED) is 0.600. The maximum absolute atomic E-state index is 12.1. The fourth-order valence-electron chi connectivity index (χ4n) is 2.84. The first-order valence-electron chi connectivity index (χ1n) is 8.22. The van der Waals surface area contributed by atoms with Crippen molar-refractivity contribution in [3.8, 4) is 0 Å². The second-order valence-electron chi connectivity index (χ2n) is 7.14. The number of carbonyl (C=O) groups excluding carboxylic acids is 1. The summed E-state index contributed by atoms with van der Waals surface area (Å²) in [6.45, 7) is 4.89. The predicted octanol–water partition coefficient (Wildman–Crippen LogP) is -0.678. The van der Waals surface area contributed by atoms with Gasteiger partial charge in [0.15, 0.2) is 11.9 Å². The van der Waals surface area contributed by atoms with Gasteiger partial charge in [-0.15, -0.1) is 0 Å². The summed E-state index contributed by atoms with van der Waals surface area (Å²) >= 11 is 0. The maximum atomic E-state index is 12.1. The van der Waals surface area contributed by atoms with Gasteiger partial charge in [0.1, 0.15) is 35.8 Å². The van der Waals surface area contributed by atoms with Gasteiger partial charge in [-0.2, -0.15) is 0 Å². The number of nitrogens with zero attached hydrogens (tertiary/aromatic N) is 4. The van der Waals surface area contributed by atoms with E-state index < -0.39 is 42.7 Å². The Morgan fingerprint density at radius 3 is 2.62 bits per heavy atom. The second-order valence-corrected chi connectivity index (χ2v) is 7.14. The molecule has 0 aliphatic carbocycles. The maximum Gasteiger partial charge on any atom is 0.312 e. The van der Waals surface area contributed by atoms with Gasteiger partial charge in [0.2, 0.25) is 0 Å². The van der Waals surface area contributed by atoms with Crippen LogP contribution in [0.5, 0.6) is 0 Å². The van der Waals surface area contributed by atoms with Crippen molar-refractivity contribution in [2.75, 3.05) is 6.61 Å². The number of esters is 1. The molecule has 10 nitrogen and oxygen atoms in total. The zero-order chi connectivity index (χ0) is 19.1. The van der Waals surface area contributed by atoms with Gasteiger partial charge < -0.3 is 24.8 Å². The van der Waals surface area contributed by atoms with Crippen LogP contribution >= 0.6 is 0 Å². The molecule has 1 aliphatic heterocycles. The zero-order valence-electron chi connectivity index (χ0n) is 14.7. The van der Waals surface area contributed by atoms with Gasteiger partial charge in [-0.3, -0.25) is 9.36 Å². The average molecular weight is 366 g/mol. The molecule has 10 heteroatoms. The average Bonchev–Trinajstić information content (AvgIpc) is 3.09. The lowest BCUT2D eigenvalue weighted by molar-refractivity contribution is -0.153. The summed E-state index contributed by atoms with van der Waals surface area (Å²) < 4.78 is 12.2. The molecule has 3 N–H and O–H groups in total. The topological polar surface area (TPSA) is 140 Å². The highest BCUT2D eigenvalue weighted by atomic mass is 16.6. The lowest BCUT2D eigenvalue weighted by Crippen LogP contribution is -2.33. The molecule has 3 rings (SSSR count). The van der Waals surface area contributed by atoms with E-state index in [0.717, 1.165) is 0 Å². The molecule has 4 atom stereocenters. The molecule has 3 heterocycles. The SMILES string of the molecule is CC(C)(C)OC(=O)Cc1ncnc2c1ncn2C1OC(CO)C(O)C1O. The molecule has 1 aliphatic rings. The van der Waals surface area contributed by atoms with E-state index in [9.17, 15) is 20.1 Å². The summed E-state index contributed by atoms with van der Waals surface area (Å²) in [6.07, 6.45) is -1.77. The Bertz CT molecular complexity index is 802. The number of aliphatic hydroxyl groups is 3. The van der Waals surface area contributed by atoms with Gasteiger partial charge in [0.05, 0.1) is 25.0 Å². The molecule has 2 aromatic heterocycles. The number of hydrogen-bond acceptors (Lipinski definition) is 9. The van der Waals surface area contributed by atoms with Crippen molar-refractivity contribution in [3.05, 3.63) is 18.3 Å². The van der Waals surface area contributed by atoms with E-state index in [1.54, 1.807) is 20.8 Å². The van der Waals surface area contributed by atoms with E-state index in [0.29, 0.717) is 16.9 Å². The van der Waals surface area contributed by atoms with Crippen LogP contribution in [0.1, 0.15) is 32.7 Å². The molecule has 0 radical (unpaired) electrons. The van der Waals surface area contributed by atoms with Crippen LogP contribution in [0.4, 0.5) is 0 Å². The lowest BCUT2D eigenvalue weighted by Gasteiger charge is -2.19. The standard InChI is InChI=1S/C16H22N4O6/c1-16(2,3)26-10(22)4-8-11-14(18-6-17-8)20(7-19-11)15-13(24)12(23)9(5-21)25-15/h6-7,9,12-13,15,21,23-24H,4-5H2,1-3H3. The second kappa shape index (κ2) is 6.88. The Morgan fingerprint density at radius 2 is 2.00 bits per heavy atom. The highest BCUT2D eigenvalue weighted by molar-refractivity contribution is 5.80. The third kappa shape index (κ3) is 3.54. The molecule has 0 aromatic carbocycles. The molecule has 142 valence electrons. The summed E-state index contributed by atoms with van der Waals surface area (Å²) in [7, 11) is 0. The van der Waals surface area contributed by atoms with Crippen LogP contribution in [-0.2, 0) is 20.7 Å². The Labute approximate surface area is 149 Å². The minimum atomic E-state index is -1.26. The number of fused-ring (bicyclic) bond motifs is 1. The van der Waals surface area contributed by atoms with Gasteiger partial charge in [0.25, 0.3) is 0 Å². The predicted molar refractivity (Wildman–Crippen MR) is 87.9 cm³/mol. The number of aliphatic hydroxyl groups excluding tert-OH is 3. The van der Waals surface area contributed by atoms with E-state index >= 15 is 0 Å². The van der Waals surface area contributed by atoms with Crippen molar-refractivity contribution in [2.24, 2.45) is 0 Å². The summed E-state index contributed by atoms with van der Waals surface area (Å²) in [5, 5.41) is 29.3. The fourth-order valence-corrected chi connectivity index (χ4v) is 2.84. The largest absolute Gasteiger partial charge is 0.460 e. The first kappa shape index (κ1) is 18.6. The first-order valence-corrected chi connectivity index (χ1v) is 8.22. The number of carbonyl (C=O) groups is 1. The fraction of sp³-hybridized carbons (Fsp3) is 0.625. The number of aromatic nitrogens is 4. The molecule has 2 aromatic rings. The molecule has 26 heavy (non-hydrogen) atoms. The van der Waals surface area contributed by atoms with Crippen LogP contribution in [-0.4, -0.2) is 71.3 Å². The number of imidazole rings is 1. The van der Waals surface area contributed by atoms with Gasteiger partial charge in [-0.1, -0.05) is 0 Å². The normalized spacial score (nSPS) is 26.4. The number of rotatable bonds is 4. The summed E-state index contributed by atoms with van der Waals surface area (Å²) in [4.78, 5) is 24.5. The Balaban J connectivity index is 1.89. The van der Waals surface area contributed by atoms with E-state index in [2.05, 4.69) is 15.0 Å².